The molecule has 3 aliphatic heterocycles. The van der Waals surface area contributed by atoms with E-state index in [1.165, 1.54) is 17.2 Å². The van der Waals surface area contributed by atoms with Crippen molar-refractivity contribution in [2.24, 2.45) is 5.92 Å². The zero-order valence-electron chi connectivity index (χ0n) is 21.1. The van der Waals surface area contributed by atoms with Crippen molar-refractivity contribution in [2.75, 3.05) is 31.5 Å². The van der Waals surface area contributed by atoms with Gasteiger partial charge in [-0.15, -0.1) is 0 Å². The number of anilines is 1. The van der Waals surface area contributed by atoms with Gasteiger partial charge in [0.15, 0.2) is 5.82 Å². The van der Waals surface area contributed by atoms with Gasteiger partial charge in [-0.05, 0) is 48.8 Å². The molecule has 3 fully saturated rings. The number of amides is 2. The Hall–Kier alpha value is -3.04. The van der Waals surface area contributed by atoms with Crippen LogP contribution in [-0.2, 0) is 17.8 Å². The van der Waals surface area contributed by atoms with Gasteiger partial charge in [-0.25, -0.2) is 9.37 Å². The number of aliphatic hydroxyl groups excluding tert-OH is 1. The number of hydrogen-bond acceptors (Lipinski definition) is 6. The van der Waals surface area contributed by atoms with Crippen LogP contribution < -0.4 is 5.32 Å². The lowest BCUT2D eigenvalue weighted by atomic mass is 9.93. The molecule has 8 nitrogen and oxygen atoms in total. The molecule has 0 spiro atoms. The Bertz CT molecular complexity index is 1200. The van der Waals surface area contributed by atoms with Crippen molar-refractivity contribution < 1.29 is 19.1 Å². The van der Waals surface area contributed by atoms with Gasteiger partial charge in [-0.1, -0.05) is 24.3 Å². The number of hydrogen-bond donors (Lipinski definition) is 2. The number of aliphatic hydroxyl groups is 1. The maximum atomic E-state index is 14.8. The Kier molecular flexibility index (Phi) is 6.36. The number of halogens is 1. The molecule has 2 saturated heterocycles. The zero-order valence-corrected chi connectivity index (χ0v) is 21.1. The first-order valence-electron chi connectivity index (χ1n) is 13.4. The van der Waals surface area contributed by atoms with Crippen LogP contribution >= 0.6 is 0 Å². The summed E-state index contributed by atoms with van der Waals surface area (Å²) in [6, 6.07) is 9.76. The van der Waals surface area contributed by atoms with E-state index in [4.69, 9.17) is 0 Å². The lowest BCUT2D eigenvalue weighted by Gasteiger charge is -2.43. The maximum absolute atomic E-state index is 14.8. The minimum absolute atomic E-state index is 0.0122. The molecule has 4 aliphatic rings. The van der Waals surface area contributed by atoms with Crippen molar-refractivity contribution in [3.63, 3.8) is 0 Å². The Morgan fingerprint density at radius 1 is 1.14 bits per heavy atom. The van der Waals surface area contributed by atoms with Gasteiger partial charge in [0.25, 0.3) is 5.91 Å². The van der Waals surface area contributed by atoms with Crippen molar-refractivity contribution in [2.45, 2.75) is 63.4 Å². The third kappa shape index (κ3) is 4.48. The smallest absolute Gasteiger partial charge is 0.257 e. The van der Waals surface area contributed by atoms with E-state index in [2.05, 4.69) is 39.5 Å². The Morgan fingerprint density at radius 3 is 2.62 bits per heavy atom. The molecule has 2 amide bonds. The van der Waals surface area contributed by atoms with E-state index < -0.39 is 11.9 Å². The maximum Gasteiger partial charge on any atom is 0.257 e. The molecule has 196 valence electrons. The number of nitrogens with zero attached hydrogens (tertiary/aromatic N) is 4. The molecule has 4 heterocycles. The monoisotopic (exact) mass is 507 g/mol. The lowest BCUT2D eigenvalue weighted by Crippen LogP contribution is -2.57. The number of benzene rings is 1. The number of nitrogens with one attached hydrogen (secondary N) is 1. The van der Waals surface area contributed by atoms with E-state index in [-0.39, 0.29) is 41.4 Å². The van der Waals surface area contributed by atoms with Gasteiger partial charge < -0.3 is 20.2 Å². The summed E-state index contributed by atoms with van der Waals surface area (Å²) >= 11 is 0. The van der Waals surface area contributed by atoms with Gasteiger partial charge in [0.1, 0.15) is 5.82 Å². The van der Waals surface area contributed by atoms with E-state index in [1.807, 2.05) is 4.90 Å². The fraction of sp³-hybridized carbons (Fsp3) is 0.536. The fourth-order valence-electron chi connectivity index (χ4n) is 6.88. The predicted molar refractivity (Wildman–Crippen MR) is 136 cm³/mol. The lowest BCUT2D eigenvalue weighted by molar-refractivity contribution is -0.129. The summed E-state index contributed by atoms with van der Waals surface area (Å²) in [6.07, 6.45) is 3.69. The van der Waals surface area contributed by atoms with Crippen LogP contribution in [0.4, 0.5) is 10.2 Å². The third-order valence-corrected chi connectivity index (χ3v) is 8.82. The number of fused-ring (bicyclic) bond motifs is 3. The highest BCUT2D eigenvalue weighted by Crippen LogP contribution is 2.42. The molecule has 1 aromatic heterocycles. The molecule has 1 saturated carbocycles. The molecular formula is C28H34FN5O3. The van der Waals surface area contributed by atoms with Crippen LogP contribution in [0.2, 0.25) is 0 Å². The summed E-state index contributed by atoms with van der Waals surface area (Å²) in [7, 11) is 0. The topological polar surface area (TPSA) is 89.0 Å². The van der Waals surface area contributed by atoms with Crippen LogP contribution in [0.15, 0.2) is 36.5 Å². The molecule has 1 aromatic carbocycles. The largest absolute Gasteiger partial charge is 0.389 e. The summed E-state index contributed by atoms with van der Waals surface area (Å²) in [5.41, 5.74) is 2.67. The first-order valence-corrected chi connectivity index (χ1v) is 13.4. The minimum atomic E-state index is -0.651. The summed E-state index contributed by atoms with van der Waals surface area (Å²) in [5.74, 6) is -0.337. The van der Waals surface area contributed by atoms with Crippen LogP contribution in [0.5, 0.6) is 0 Å². The van der Waals surface area contributed by atoms with Crippen LogP contribution in [0, 0.1) is 11.7 Å². The van der Waals surface area contributed by atoms with Gasteiger partial charge in [-0.3, -0.25) is 14.5 Å². The summed E-state index contributed by atoms with van der Waals surface area (Å²) < 4.78 is 14.8. The van der Waals surface area contributed by atoms with E-state index in [0.717, 1.165) is 45.0 Å². The van der Waals surface area contributed by atoms with Gasteiger partial charge in [0.2, 0.25) is 5.91 Å². The number of rotatable bonds is 4. The average molecular weight is 508 g/mol. The van der Waals surface area contributed by atoms with Gasteiger partial charge in [0.05, 0.1) is 23.9 Å². The third-order valence-electron chi connectivity index (χ3n) is 8.82. The quantitative estimate of drug-likeness (QED) is 0.660. The zero-order chi connectivity index (χ0) is 25.7. The molecule has 4 atom stereocenters. The predicted octanol–water partition coefficient (Wildman–Crippen LogP) is 2.28. The molecule has 37 heavy (non-hydrogen) atoms. The summed E-state index contributed by atoms with van der Waals surface area (Å²) in [5, 5.41) is 14.6. The Balaban J connectivity index is 1.12. The van der Waals surface area contributed by atoms with Gasteiger partial charge in [-0.2, -0.15) is 0 Å². The number of aromatic nitrogens is 1. The van der Waals surface area contributed by atoms with E-state index in [0.29, 0.717) is 25.5 Å². The summed E-state index contributed by atoms with van der Waals surface area (Å²) in [4.78, 5) is 35.0. The summed E-state index contributed by atoms with van der Waals surface area (Å²) in [6.45, 7) is 5.14. The van der Waals surface area contributed by atoms with Crippen molar-refractivity contribution in [1.82, 2.24) is 19.7 Å². The van der Waals surface area contributed by atoms with Crippen LogP contribution in [-0.4, -0.2) is 87.0 Å². The first kappa shape index (κ1) is 24.3. The van der Waals surface area contributed by atoms with Crippen molar-refractivity contribution in [1.29, 1.82) is 0 Å². The second-order valence-electron chi connectivity index (χ2n) is 11.0. The highest BCUT2D eigenvalue weighted by molar-refractivity contribution is 5.95. The molecule has 2 unspecified atom stereocenters. The molecule has 9 heteroatoms. The number of likely N-dealkylation sites (tertiary alicyclic amines) is 2. The number of piperidine rings is 2. The second kappa shape index (κ2) is 9.68. The molecule has 1 aliphatic carbocycles. The fourth-order valence-corrected chi connectivity index (χ4v) is 6.88. The van der Waals surface area contributed by atoms with E-state index in [1.54, 1.807) is 11.8 Å². The Labute approximate surface area is 216 Å². The average Bonchev–Trinajstić information content (AvgIpc) is 3.48. The normalized spacial score (nSPS) is 27.9. The van der Waals surface area contributed by atoms with Crippen LogP contribution in [0.1, 0.15) is 47.7 Å². The van der Waals surface area contributed by atoms with E-state index >= 15 is 0 Å². The molecular weight excluding hydrogens is 473 g/mol. The number of pyridine rings is 1. The first-order chi connectivity index (χ1) is 17.9. The highest BCUT2D eigenvalue weighted by atomic mass is 19.1. The van der Waals surface area contributed by atoms with Gasteiger partial charge >= 0.3 is 0 Å². The number of carbonyl (C=O) groups is 2. The van der Waals surface area contributed by atoms with Crippen molar-refractivity contribution in [3.8, 4) is 0 Å². The van der Waals surface area contributed by atoms with Crippen LogP contribution in [0.3, 0.4) is 0 Å². The van der Waals surface area contributed by atoms with Crippen molar-refractivity contribution in [3.05, 3.63) is 59.0 Å². The number of carbonyl (C=O) groups excluding carboxylic acids is 2. The SMILES string of the molecule is CC(=O)N1CCC(Nc2cc(C(=O)N3C[C@H]4C[C@@H]3C(O)C4N3CCc4ccccc4C3)c(F)cn2)CC1. The molecule has 6 rings (SSSR count). The Morgan fingerprint density at radius 2 is 1.89 bits per heavy atom. The molecule has 2 aromatic rings. The standard InChI is InChI=1S/C28H34FN5O3/c1-17(35)32-10-7-21(8-11-32)31-25-13-22(23(29)14-30-25)28(37)34-16-20-12-24(34)27(36)26(20)33-9-6-18-4-2-3-5-19(18)15-33/h2-5,13-14,20-21,24,26-27,36H,6-12,15-16H2,1H3,(H,30,31)/t20-,24-,26?,27?/m1/s1. The molecule has 0 radical (unpaired) electrons. The van der Waals surface area contributed by atoms with E-state index in [9.17, 15) is 19.1 Å². The minimum Gasteiger partial charge on any atom is -0.389 e. The molecule has 2 bridgehead atoms. The second-order valence-corrected chi connectivity index (χ2v) is 11.0. The highest BCUT2D eigenvalue weighted by Gasteiger charge is 2.55. The van der Waals surface area contributed by atoms with Crippen molar-refractivity contribution >= 4 is 17.6 Å². The van der Waals surface area contributed by atoms with Gasteiger partial charge in [0, 0.05) is 51.7 Å². The molecule has 2 N–H and O–H groups in total. The van der Waals surface area contributed by atoms with Crippen LogP contribution in [0.25, 0.3) is 0 Å².